The highest BCUT2D eigenvalue weighted by molar-refractivity contribution is 6.09. The number of nitrogens with two attached hydrogens (primary N) is 1. The average Bonchev–Trinajstić information content (AvgIpc) is 2.34. The quantitative estimate of drug-likeness (QED) is 0.384. The maximum atomic E-state index is 11.5. The number of hydrogen-bond acceptors (Lipinski definition) is 5. The van der Waals surface area contributed by atoms with Crippen molar-refractivity contribution in [2.24, 2.45) is 5.73 Å². The van der Waals surface area contributed by atoms with Crippen LogP contribution in [0.5, 0.6) is 5.75 Å². The van der Waals surface area contributed by atoms with Gasteiger partial charge in [0.05, 0.1) is 5.71 Å². The Morgan fingerprint density at radius 1 is 1.14 bits per heavy atom. The Bertz CT molecular complexity index is 568. The molecule has 1 aromatic carbocycles. The number of nitrogens with one attached hydrogen (secondary N) is 1. The van der Waals surface area contributed by atoms with E-state index in [-0.39, 0.29) is 5.71 Å². The zero-order valence-electron chi connectivity index (χ0n) is 12.2. The average molecular weight is 290 g/mol. The summed E-state index contributed by atoms with van der Waals surface area (Å²) in [5.41, 5.74) is 5.01. The lowest BCUT2D eigenvalue weighted by atomic mass is 10.1. The number of primary amides is 1. The van der Waals surface area contributed by atoms with Crippen LogP contribution < -0.4 is 10.5 Å². The van der Waals surface area contributed by atoms with E-state index in [9.17, 15) is 9.59 Å². The van der Waals surface area contributed by atoms with Crippen LogP contribution in [0.1, 0.15) is 26.3 Å². The zero-order valence-corrected chi connectivity index (χ0v) is 12.2. The molecule has 1 rings (SSSR count). The summed E-state index contributed by atoms with van der Waals surface area (Å²) in [6.45, 7) is 5.22. The van der Waals surface area contributed by atoms with E-state index < -0.39 is 17.7 Å². The van der Waals surface area contributed by atoms with E-state index in [1.807, 2.05) is 0 Å². The lowest BCUT2D eigenvalue weighted by Crippen LogP contribution is -2.25. The monoisotopic (exact) mass is 290 g/mol. The van der Waals surface area contributed by atoms with E-state index >= 15 is 0 Å². The molecule has 3 N–H and O–H groups in total. The van der Waals surface area contributed by atoms with Gasteiger partial charge in [0, 0.05) is 6.08 Å². The number of hydrogen-bond donors (Lipinski definition) is 2. The van der Waals surface area contributed by atoms with Crippen LogP contribution in [0, 0.1) is 5.41 Å². The van der Waals surface area contributed by atoms with Crippen molar-refractivity contribution in [2.45, 2.75) is 26.4 Å². The molecular formula is C15H18N2O4. The van der Waals surface area contributed by atoms with Crippen molar-refractivity contribution in [3.05, 3.63) is 42.0 Å². The van der Waals surface area contributed by atoms with Crippen LogP contribution in [0.25, 0.3) is 0 Å². The smallest absolute Gasteiger partial charge is 0.428 e. The molecule has 6 nitrogen and oxygen atoms in total. The van der Waals surface area contributed by atoms with Gasteiger partial charge in [-0.25, -0.2) is 4.79 Å². The van der Waals surface area contributed by atoms with Gasteiger partial charge >= 0.3 is 6.16 Å². The van der Waals surface area contributed by atoms with Crippen molar-refractivity contribution in [2.75, 3.05) is 0 Å². The van der Waals surface area contributed by atoms with Crippen LogP contribution in [0.2, 0.25) is 0 Å². The Labute approximate surface area is 123 Å². The molecular weight excluding hydrogens is 272 g/mol. The molecule has 0 spiro atoms. The maximum absolute atomic E-state index is 11.5. The SMILES string of the molecule is CC(C)(C)OC(=O)Oc1ccc(C(=N)/C=C\C(N)=O)cc1. The number of rotatable bonds is 4. The third-order valence-electron chi connectivity index (χ3n) is 2.17. The van der Waals surface area contributed by atoms with Crippen molar-refractivity contribution in [1.29, 1.82) is 5.41 Å². The van der Waals surface area contributed by atoms with Gasteiger partial charge in [0.1, 0.15) is 11.4 Å². The second-order valence-corrected chi connectivity index (χ2v) is 5.24. The number of carbonyl (C=O) groups excluding carboxylic acids is 2. The van der Waals surface area contributed by atoms with Crippen molar-refractivity contribution in [1.82, 2.24) is 0 Å². The molecule has 0 bridgehead atoms. The molecule has 0 aliphatic carbocycles. The summed E-state index contributed by atoms with van der Waals surface area (Å²) < 4.78 is 10.0. The van der Waals surface area contributed by atoms with Gasteiger partial charge in [-0.2, -0.15) is 0 Å². The van der Waals surface area contributed by atoms with Gasteiger partial charge in [-0.1, -0.05) is 0 Å². The molecule has 0 unspecified atom stereocenters. The van der Waals surface area contributed by atoms with Gasteiger partial charge in [0.15, 0.2) is 0 Å². The van der Waals surface area contributed by atoms with E-state index in [0.717, 1.165) is 6.08 Å². The summed E-state index contributed by atoms with van der Waals surface area (Å²) in [6, 6.07) is 6.25. The molecule has 21 heavy (non-hydrogen) atoms. The van der Waals surface area contributed by atoms with E-state index in [2.05, 4.69) is 0 Å². The predicted octanol–water partition coefficient (Wildman–Crippen LogP) is 2.41. The number of allylic oxidation sites excluding steroid dienone is 1. The number of amides is 1. The number of ether oxygens (including phenoxy) is 2. The van der Waals surface area contributed by atoms with Crippen molar-refractivity contribution >= 4 is 17.8 Å². The van der Waals surface area contributed by atoms with Crippen LogP contribution in [0.3, 0.4) is 0 Å². The Kier molecular flexibility index (Phi) is 5.24. The van der Waals surface area contributed by atoms with Gasteiger partial charge in [-0.3, -0.25) is 4.79 Å². The van der Waals surface area contributed by atoms with E-state index in [4.69, 9.17) is 20.6 Å². The normalized spacial score (nSPS) is 11.2. The van der Waals surface area contributed by atoms with Gasteiger partial charge in [-0.05, 0) is 56.7 Å². The zero-order chi connectivity index (χ0) is 16.0. The molecule has 0 aromatic heterocycles. The first kappa shape index (κ1) is 16.4. The molecule has 0 saturated heterocycles. The lowest BCUT2D eigenvalue weighted by Gasteiger charge is -2.18. The second kappa shape index (κ2) is 6.69. The fourth-order valence-corrected chi connectivity index (χ4v) is 1.33. The molecule has 0 heterocycles. The molecule has 1 aromatic rings. The van der Waals surface area contributed by atoms with E-state index in [1.54, 1.807) is 32.9 Å². The second-order valence-electron chi connectivity index (χ2n) is 5.24. The Morgan fingerprint density at radius 2 is 1.71 bits per heavy atom. The minimum Gasteiger partial charge on any atom is -0.428 e. The van der Waals surface area contributed by atoms with Gasteiger partial charge in [0.2, 0.25) is 5.91 Å². The Morgan fingerprint density at radius 3 is 2.19 bits per heavy atom. The number of carbonyl (C=O) groups is 2. The third-order valence-corrected chi connectivity index (χ3v) is 2.17. The van der Waals surface area contributed by atoms with Crippen molar-refractivity contribution in [3.63, 3.8) is 0 Å². The van der Waals surface area contributed by atoms with Crippen LogP contribution >= 0.6 is 0 Å². The van der Waals surface area contributed by atoms with Crippen LogP contribution in [0.4, 0.5) is 4.79 Å². The van der Waals surface area contributed by atoms with Gasteiger partial charge < -0.3 is 20.6 Å². The molecule has 0 atom stereocenters. The summed E-state index contributed by atoms with van der Waals surface area (Å²) >= 11 is 0. The van der Waals surface area contributed by atoms with Crippen LogP contribution in [-0.4, -0.2) is 23.4 Å². The summed E-state index contributed by atoms with van der Waals surface area (Å²) in [5, 5.41) is 7.73. The third kappa shape index (κ3) is 6.38. The van der Waals surface area contributed by atoms with Crippen molar-refractivity contribution < 1.29 is 19.1 Å². The first-order chi connectivity index (χ1) is 9.67. The Balaban J connectivity index is 2.68. The van der Waals surface area contributed by atoms with E-state index in [1.165, 1.54) is 18.2 Å². The lowest BCUT2D eigenvalue weighted by molar-refractivity contribution is -0.113. The molecule has 0 radical (unpaired) electrons. The number of benzene rings is 1. The maximum Gasteiger partial charge on any atom is 0.514 e. The molecule has 0 saturated carbocycles. The predicted molar refractivity (Wildman–Crippen MR) is 78.5 cm³/mol. The van der Waals surface area contributed by atoms with E-state index in [0.29, 0.717) is 11.3 Å². The molecule has 6 heteroatoms. The minimum atomic E-state index is -0.793. The molecule has 0 aliphatic rings. The summed E-state index contributed by atoms with van der Waals surface area (Å²) in [5.74, 6) is -0.315. The first-order valence-electron chi connectivity index (χ1n) is 6.25. The molecule has 1 amide bonds. The highest BCUT2D eigenvalue weighted by Gasteiger charge is 2.17. The van der Waals surface area contributed by atoms with Gasteiger partial charge in [-0.15, -0.1) is 0 Å². The highest BCUT2D eigenvalue weighted by atomic mass is 16.7. The van der Waals surface area contributed by atoms with Crippen LogP contribution in [0.15, 0.2) is 36.4 Å². The summed E-state index contributed by atoms with van der Waals surface area (Å²) in [7, 11) is 0. The first-order valence-corrected chi connectivity index (χ1v) is 6.25. The fourth-order valence-electron chi connectivity index (χ4n) is 1.33. The Hall–Kier alpha value is -2.63. The molecule has 0 aliphatic heterocycles. The summed E-state index contributed by atoms with van der Waals surface area (Å²) in [6.07, 6.45) is 1.61. The topological polar surface area (TPSA) is 102 Å². The van der Waals surface area contributed by atoms with Gasteiger partial charge in [0.25, 0.3) is 0 Å². The summed E-state index contributed by atoms with van der Waals surface area (Å²) in [4.78, 5) is 22.1. The fraction of sp³-hybridized carbons (Fsp3) is 0.267. The highest BCUT2D eigenvalue weighted by Crippen LogP contribution is 2.15. The largest absolute Gasteiger partial charge is 0.514 e. The molecule has 112 valence electrons. The minimum absolute atomic E-state index is 0.123. The van der Waals surface area contributed by atoms with Crippen LogP contribution in [-0.2, 0) is 9.53 Å². The van der Waals surface area contributed by atoms with Crippen molar-refractivity contribution in [3.8, 4) is 5.75 Å². The standard InChI is InChI=1S/C15H18N2O4/c1-15(2,3)21-14(19)20-11-6-4-10(5-7-11)12(16)8-9-13(17)18/h4-9,16H,1-3H3,(H2,17,18)/b9-8-,16-12?. The molecule has 0 fully saturated rings.